The molecule has 1 aromatic heterocycles. The first kappa shape index (κ1) is 58.0. The number of nitrogens with one attached hydrogen (secondary N) is 8. The number of nitrogens with two attached hydrogens (primary N) is 3. The Labute approximate surface area is 448 Å². The fourth-order valence-electron chi connectivity index (χ4n) is 8.47. The molecule has 0 saturated carbocycles. The molecule has 5 aromatic rings. The number of amides is 8. The molecule has 1 aliphatic rings. The number of primary amides is 1. The molecule has 9 atom stereocenters. The number of rotatable bonds is 14. The largest absolute Gasteiger partial charge is 0.391 e. The van der Waals surface area contributed by atoms with Crippen molar-refractivity contribution < 1.29 is 43.5 Å². The van der Waals surface area contributed by atoms with Crippen LogP contribution >= 0.6 is 21.6 Å². The summed E-state index contributed by atoms with van der Waals surface area (Å²) in [6, 6.07) is 23.1. The molecule has 4 aromatic carbocycles. The van der Waals surface area contributed by atoms with Gasteiger partial charge in [0.05, 0.1) is 12.1 Å². The molecule has 404 valence electrons. The van der Waals surface area contributed by atoms with Crippen molar-refractivity contribution in [2.45, 2.75) is 106 Å². The van der Waals surface area contributed by atoms with Crippen LogP contribution in [0, 0.1) is 0 Å². The van der Waals surface area contributed by atoms with E-state index in [4.69, 9.17) is 17.2 Å². The molecule has 0 spiro atoms. The zero-order valence-corrected chi connectivity index (χ0v) is 43.7. The summed E-state index contributed by atoms with van der Waals surface area (Å²) in [5.41, 5.74) is 21.4. The van der Waals surface area contributed by atoms with Gasteiger partial charge in [-0.25, -0.2) is 0 Å². The number of benzene rings is 4. The number of fused-ring (bicyclic) bond motifs is 1. The smallest absolute Gasteiger partial charge is 0.245 e. The Kier molecular flexibility index (Phi) is 22.3. The number of aromatic amines is 1. The summed E-state index contributed by atoms with van der Waals surface area (Å²) in [5, 5.41) is 30.9. The van der Waals surface area contributed by atoms with Crippen molar-refractivity contribution in [1.29, 1.82) is 0 Å². The van der Waals surface area contributed by atoms with Crippen molar-refractivity contribution in [3.8, 4) is 0 Å². The second-order valence-electron chi connectivity index (χ2n) is 18.6. The minimum atomic E-state index is -1.67. The number of aliphatic hydroxyl groups excluding tert-OH is 1. The Balaban J connectivity index is 1.39. The monoisotopic (exact) mass is 1080 g/mol. The molecule has 0 aliphatic carbocycles. The number of carbonyl (C=O) groups is 8. The average Bonchev–Trinajstić information content (AvgIpc) is 3.82. The van der Waals surface area contributed by atoms with Gasteiger partial charge < -0.3 is 64.5 Å². The highest BCUT2D eigenvalue weighted by Crippen LogP contribution is 2.23. The number of para-hydroxylation sites is 1. The molecule has 8 amide bonds. The predicted octanol–water partition coefficient (Wildman–Crippen LogP) is 0.550. The standard InChI is InChI=1S/C54H67N11O9S2/c1-32(66)46-54(74)63-43(27-35-19-9-4-10-20-35)52(72)64-45(47(57)67)31-76-75-30-38(56)48(68)60-41(25-33-15-5-2-6-16-33)50(70)61-42(26-34-17-7-3-8-18-34)51(71)62-44(28-36-29-58-39-22-12-11-21-37(36)39)53(73)59-40(49(69)65-46)23-13-14-24-55/h2-12,15-22,29,32,38,40-46,58,66H,13-14,23-28,30-31,55-56H2,1H3,(H2,57,67)(H,59,73)(H,60,68)(H,61,70)(H,62,71)(H,63,74)(H,64,72)(H,65,69)/t32-,38+,40+,41+,42+,43+,44-,45+,46+/m1/s1. The third kappa shape index (κ3) is 17.4. The van der Waals surface area contributed by atoms with Gasteiger partial charge in [0.2, 0.25) is 47.3 Å². The van der Waals surface area contributed by atoms with Gasteiger partial charge in [-0.15, -0.1) is 0 Å². The van der Waals surface area contributed by atoms with Crippen molar-refractivity contribution >= 4 is 79.7 Å². The molecule has 0 radical (unpaired) electrons. The van der Waals surface area contributed by atoms with Gasteiger partial charge in [-0.1, -0.05) is 131 Å². The summed E-state index contributed by atoms with van der Waals surface area (Å²) < 4.78 is 0. The van der Waals surface area contributed by atoms with Crippen molar-refractivity contribution in [2.24, 2.45) is 17.2 Å². The lowest BCUT2D eigenvalue weighted by Crippen LogP contribution is -2.62. The van der Waals surface area contributed by atoms with E-state index in [2.05, 4.69) is 42.2 Å². The maximum atomic E-state index is 14.8. The molecule has 0 bridgehead atoms. The number of aliphatic hydroxyl groups is 1. The molecule has 1 saturated heterocycles. The van der Waals surface area contributed by atoms with E-state index in [-0.39, 0.29) is 50.2 Å². The van der Waals surface area contributed by atoms with Crippen LogP contribution in [0.2, 0.25) is 0 Å². The van der Waals surface area contributed by atoms with Crippen molar-refractivity contribution in [1.82, 2.24) is 42.2 Å². The molecule has 20 nitrogen and oxygen atoms in total. The molecular weight excluding hydrogens is 1010 g/mol. The van der Waals surface area contributed by atoms with Gasteiger partial charge in [-0.2, -0.15) is 0 Å². The van der Waals surface area contributed by atoms with Crippen LogP contribution in [0.4, 0.5) is 0 Å². The summed E-state index contributed by atoms with van der Waals surface area (Å²) in [4.78, 5) is 117. The highest BCUT2D eigenvalue weighted by molar-refractivity contribution is 8.76. The second-order valence-corrected chi connectivity index (χ2v) is 21.1. The molecule has 1 fully saturated rings. The van der Waals surface area contributed by atoms with E-state index in [0.29, 0.717) is 35.1 Å². The van der Waals surface area contributed by atoms with E-state index in [1.165, 1.54) is 6.92 Å². The molecule has 1 aliphatic heterocycles. The highest BCUT2D eigenvalue weighted by Gasteiger charge is 2.36. The van der Waals surface area contributed by atoms with Crippen LogP contribution in [0.15, 0.2) is 121 Å². The lowest BCUT2D eigenvalue weighted by molar-refractivity contribution is -0.137. The number of unbranched alkanes of at least 4 members (excludes halogenated alkanes) is 1. The Morgan fingerprint density at radius 3 is 1.50 bits per heavy atom. The van der Waals surface area contributed by atoms with Crippen molar-refractivity contribution in [3.05, 3.63) is 144 Å². The van der Waals surface area contributed by atoms with E-state index in [9.17, 15) is 43.5 Å². The number of H-pyrrole nitrogens is 1. The van der Waals surface area contributed by atoms with Crippen LogP contribution in [0.3, 0.4) is 0 Å². The zero-order chi connectivity index (χ0) is 54.6. The first-order valence-electron chi connectivity index (χ1n) is 25.1. The van der Waals surface area contributed by atoms with Crippen LogP contribution < -0.4 is 54.4 Å². The zero-order valence-electron chi connectivity index (χ0n) is 42.1. The molecule has 6 rings (SSSR count). The van der Waals surface area contributed by atoms with Crippen molar-refractivity contribution in [2.75, 3.05) is 18.1 Å². The Hall–Kier alpha value is -7.24. The van der Waals surface area contributed by atoms with E-state index >= 15 is 0 Å². The van der Waals surface area contributed by atoms with Gasteiger partial charge in [0.15, 0.2) is 0 Å². The molecule has 15 N–H and O–H groups in total. The lowest BCUT2D eigenvalue weighted by Gasteiger charge is -2.29. The normalized spacial score (nSPS) is 23.7. The summed E-state index contributed by atoms with van der Waals surface area (Å²) in [6.45, 7) is 1.53. The second kappa shape index (κ2) is 29.2. The fourth-order valence-corrected chi connectivity index (χ4v) is 10.8. The lowest BCUT2D eigenvalue weighted by atomic mass is 10.00. The summed E-state index contributed by atoms with van der Waals surface area (Å²) in [7, 11) is 2.21. The van der Waals surface area contributed by atoms with E-state index in [1.54, 1.807) is 97.2 Å². The predicted molar refractivity (Wildman–Crippen MR) is 293 cm³/mol. The molecule has 22 heteroatoms. The molecule has 2 heterocycles. The third-order valence-electron chi connectivity index (χ3n) is 12.7. The van der Waals surface area contributed by atoms with Gasteiger partial charge in [-0.05, 0) is 61.1 Å². The van der Waals surface area contributed by atoms with E-state index in [1.807, 2.05) is 24.3 Å². The quantitative estimate of drug-likeness (QED) is 0.0535. The first-order chi connectivity index (χ1) is 36.6. The average molecular weight is 1080 g/mol. The third-order valence-corrected chi connectivity index (χ3v) is 15.1. The Morgan fingerprint density at radius 1 is 0.553 bits per heavy atom. The first-order valence-corrected chi connectivity index (χ1v) is 27.6. The Morgan fingerprint density at radius 2 is 0.987 bits per heavy atom. The van der Waals surface area contributed by atoms with Crippen LogP contribution in [-0.2, 0) is 64.0 Å². The van der Waals surface area contributed by atoms with Gasteiger partial charge >= 0.3 is 0 Å². The number of carbonyl (C=O) groups excluding carboxylic acids is 8. The molecule has 76 heavy (non-hydrogen) atoms. The van der Waals surface area contributed by atoms with E-state index < -0.39 is 102 Å². The number of aromatic nitrogens is 1. The molecule has 0 unspecified atom stereocenters. The van der Waals surface area contributed by atoms with Crippen LogP contribution in [0.25, 0.3) is 10.9 Å². The summed E-state index contributed by atoms with van der Waals surface area (Å²) in [5.74, 6) is -6.57. The highest BCUT2D eigenvalue weighted by atomic mass is 33.1. The van der Waals surface area contributed by atoms with Gasteiger partial charge in [0.1, 0.15) is 42.3 Å². The number of hydrogen-bond acceptors (Lipinski definition) is 13. The minimum absolute atomic E-state index is 0.00747. The topological polar surface area (TPSA) is 335 Å². The van der Waals surface area contributed by atoms with Gasteiger partial charge in [-0.3, -0.25) is 38.4 Å². The van der Waals surface area contributed by atoms with Crippen molar-refractivity contribution in [3.63, 3.8) is 0 Å². The fraction of sp³-hybridized carbons (Fsp3) is 0.370. The van der Waals surface area contributed by atoms with Crippen LogP contribution in [-0.4, -0.2) is 130 Å². The minimum Gasteiger partial charge on any atom is -0.391 e. The van der Waals surface area contributed by atoms with Crippen LogP contribution in [0.5, 0.6) is 0 Å². The Bertz CT molecular complexity index is 2750. The van der Waals surface area contributed by atoms with E-state index in [0.717, 1.165) is 32.5 Å². The van der Waals surface area contributed by atoms with Crippen LogP contribution in [0.1, 0.15) is 48.4 Å². The maximum absolute atomic E-state index is 14.8. The number of hydrogen-bond donors (Lipinski definition) is 12. The summed E-state index contributed by atoms with van der Waals surface area (Å²) in [6.07, 6.45) is 0.790. The summed E-state index contributed by atoms with van der Waals surface area (Å²) >= 11 is 0. The van der Waals surface area contributed by atoms with Gasteiger partial charge in [0, 0.05) is 54.3 Å². The maximum Gasteiger partial charge on any atom is 0.245 e. The molecular formula is C54H67N11O9S2. The van der Waals surface area contributed by atoms with Gasteiger partial charge in [0.25, 0.3) is 0 Å². The SMILES string of the molecule is C[C@@H](O)[C@@H]1NC(=O)[C@H](CCCCN)NC(=O)[C@@H](Cc2c[nH]c3ccccc23)NC(=O)[C@H](Cc2ccccc2)NC(=O)[C@H](Cc2ccccc2)NC(=O)[C@@H](N)CSSC[C@@H](C(N)=O)NC(=O)[C@H](Cc2ccccc2)NC1=O.